The molecule has 8 heteroatoms. The van der Waals surface area contributed by atoms with Crippen LogP contribution in [-0.4, -0.2) is 34.4 Å². The van der Waals surface area contributed by atoms with Crippen molar-refractivity contribution in [3.8, 4) is 17.1 Å². The van der Waals surface area contributed by atoms with E-state index < -0.39 is 11.8 Å². The molecule has 1 saturated carbocycles. The molecule has 1 aliphatic carbocycles. The lowest BCUT2D eigenvalue weighted by molar-refractivity contribution is -0.136. The van der Waals surface area contributed by atoms with Crippen molar-refractivity contribution in [2.45, 2.75) is 24.8 Å². The van der Waals surface area contributed by atoms with Crippen molar-refractivity contribution in [1.82, 2.24) is 15.3 Å². The molecule has 2 heterocycles. The van der Waals surface area contributed by atoms with Gasteiger partial charge in [0.05, 0.1) is 18.9 Å². The van der Waals surface area contributed by atoms with E-state index in [-0.39, 0.29) is 5.54 Å². The number of nitrogens with zero attached hydrogens (tertiary/aromatic N) is 2. The third-order valence-corrected chi connectivity index (χ3v) is 4.89. The van der Waals surface area contributed by atoms with Gasteiger partial charge in [-0.1, -0.05) is 0 Å². The maximum atomic E-state index is 12.4. The van der Waals surface area contributed by atoms with Gasteiger partial charge in [-0.2, -0.15) is 0 Å². The Morgan fingerprint density at radius 2 is 1.93 bits per heavy atom. The minimum atomic E-state index is -0.722. The van der Waals surface area contributed by atoms with E-state index >= 15 is 0 Å². The summed E-state index contributed by atoms with van der Waals surface area (Å²) in [6.07, 6.45) is 8.69. The van der Waals surface area contributed by atoms with Crippen LogP contribution in [0.15, 0.2) is 59.7 Å². The third kappa shape index (κ3) is 4.26. The zero-order chi connectivity index (χ0) is 20.3. The number of amides is 2. The van der Waals surface area contributed by atoms with Crippen molar-refractivity contribution in [3.63, 3.8) is 0 Å². The lowest BCUT2D eigenvalue weighted by Crippen LogP contribution is -2.44. The van der Waals surface area contributed by atoms with Gasteiger partial charge in [0.25, 0.3) is 0 Å². The highest BCUT2D eigenvalue weighted by Crippen LogP contribution is 2.38. The van der Waals surface area contributed by atoms with E-state index in [2.05, 4.69) is 20.6 Å². The van der Waals surface area contributed by atoms with Gasteiger partial charge in [-0.15, -0.1) is 0 Å². The lowest BCUT2D eigenvalue weighted by Gasteiger charge is -2.17. The number of aromatic nitrogens is 2. The standard InChI is InChI=1S/C21H20N4O4/c1-28-17-10-15(2-3-16(17)18-12-23-13-29-18)24-19(26)20(27)25-21(6-7-21)11-14-4-8-22-9-5-14/h2-5,8-10,12-13H,6-7,11H2,1H3,(H,24,26)(H,25,27). The Balaban J connectivity index is 1.41. The Hall–Kier alpha value is -3.68. The first kappa shape index (κ1) is 18.7. The van der Waals surface area contributed by atoms with E-state index in [9.17, 15) is 9.59 Å². The summed E-state index contributed by atoms with van der Waals surface area (Å²) >= 11 is 0. The first-order valence-electron chi connectivity index (χ1n) is 9.18. The van der Waals surface area contributed by atoms with Crippen LogP contribution in [-0.2, 0) is 16.0 Å². The maximum absolute atomic E-state index is 12.4. The Morgan fingerprint density at radius 3 is 2.59 bits per heavy atom. The minimum Gasteiger partial charge on any atom is -0.496 e. The Labute approximate surface area is 167 Å². The van der Waals surface area contributed by atoms with Gasteiger partial charge in [0.2, 0.25) is 0 Å². The number of benzene rings is 1. The van der Waals surface area contributed by atoms with Crippen LogP contribution in [0.2, 0.25) is 0 Å². The van der Waals surface area contributed by atoms with E-state index in [0.29, 0.717) is 29.2 Å². The molecule has 0 aliphatic heterocycles. The largest absolute Gasteiger partial charge is 0.496 e. The predicted octanol–water partition coefficient (Wildman–Crippen LogP) is 2.58. The highest BCUT2D eigenvalue weighted by Gasteiger charge is 2.44. The van der Waals surface area contributed by atoms with Crippen molar-refractivity contribution in [1.29, 1.82) is 0 Å². The van der Waals surface area contributed by atoms with Crippen LogP contribution in [0.5, 0.6) is 5.75 Å². The van der Waals surface area contributed by atoms with Gasteiger partial charge in [0.1, 0.15) is 5.75 Å². The van der Waals surface area contributed by atoms with Crippen LogP contribution >= 0.6 is 0 Å². The average molecular weight is 392 g/mol. The summed E-state index contributed by atoms with van der Waals surface area (Å²) in [5.74, 6) is -0.337. The van der Waals surface area contributed by atoms with E-state index in [1.54, 1.807) is 36.8 Å². The minimum absolute atomic E-state index is 0.358. The van der Waals surface area contributed by atoms with E-state index in [0.717, 1.165) is 18.4 Å². The van der Waals surface area contributed by atoms with Crippen molar-refractivity contribution in [3.05, 3.63) is 60.9 Å². The van der Waals surface area contributed by atoms with E-state index in [1.165, 1.54) is 13.5 Å². The van der Waals surface area contributed by atoms with Gasteiger partial charge < -0.3 is 19.8 Å². The number of ether oxygens (including phenoxy) is 1. The molecule has 148 valence electrons. The highest BCUT2D eigenvalue weighted by molar-refractivity contribution is 6.39. The molecule has 1 aliphatic rings. The van der Waals surface area contributed by atoms with Crippen LogP contribution in [0.4, 0.5) is 5.69 Å². The molecule has 29 heavy (non-hydrogen) atoms. The lowest BCUT2D eigenvalue weighted by atomic mass is 10.1. The molecule has 8 nitrogen and oxygen atoms in total. The van der Waals surface area contributed by atoms with Gasteiger partial charge in [-0.05, 0) is 49.1 Å². The molecule has 4 rings (SSSR count). The molecular formula is C21H20N4O4. The first-order valence-corrected chi connectivity index (χ1v) is 9.18. The number of nitrogens with one attached hydrogen (secondary N) is 2. The van der Waals surface area contributed by atoms with E-state index in [1.807, 2.05) is 12.1 Å². The van der Waals surface area contributed by atoms with Gasteiger partial charge in [-0.25, -0.2) is 4.98 Å². The van der Waals surface area contributed by atoms with Gasteiger partial charge in [0.15, 0.2) is 12.2 Å². The summed E-state index contributed by atoms with van der Waals surface area (Å²) in [6, 6.07) is 8.87. The fraction of sp³-hybridized carbons (Fsp3) is 0.238. The second-order valence-corrected chi connectivity index (χ2v) is 7.00. The number of hydrogen-bond acceptors (Lipinski definition) is 6. The fourth-order valence-corrected chi connectivity index (χ4v) is 3.20. The SMILES string of the molecule is COc1cc(NC(=O)C(=O)NC2(Cc3ccncc3)CC2)ccc1-c1cnco1. The molecule has 0 unspecified atom stereocenters. The van der Waals surface area contributed by atoms with Crippen LogP contribution in [0, 0.1) is 0 Å². The molecule has 0 spiro atoms. The number of rotatable bonds is 6. The van der Waals surface area contributed by atoms with Gasteiger partial charge in [0, 0.05) is 29.7 Å². The second-order valence-electron chi connectivity index (χ2n) is 7.00. The monoisotopic (exact) mass is 392 g/mol. The number of methoxy groups -OCH3 is 1. The predicted molar refractivity (Wildman–Crippen MR) is 105 cm³/mol. The maximum Gasteiger partial charge on any atom is 0.313 e. The first-order chi connectivity index (χ1) is 14.1. The summed E-state index contributed by atoms with van der Waals surface area (Å²) in [6.45, 7) is 0. The number of oxazole rings is 1. The summed E-state index contributed by atoms with van der Waals surface area (Å²) in [7, 11) is 1.52. The summed E-state index contributed by atoms with van der Waals surface area (Å²) in [4.78, 5) is 32.7. The molecule has 0 atom stereocenters. The van der Waals surface area contributed by atoms with Crippen molar-refractivity contribution >= 4 is 17.5 Å². The van der Waals surface area contributed by atoms with Gasteiger partial charge >= 0.3 is 11.8 Å². The van der Waals surface area contributed by atoms with E-state index in [4.69, 9.17) is 9.15 Å². The quantitative estimate of drug-likeness (QED) is 0.625. The Morgan fingerprint density at radius 1 is 1.14 bits per heavy atom. The molecule has 0 saturated heterocycles. The number of anilines is 1. The van der Waals surface area contributed by atoms with Crippen molar-refractivity contribution < 1.29 is 18.7 Å². The summed E-state index contributed by atoms with van der Waals surface area (Å²) in [5.41, 5.74) is 1.86. The summed E-state index contributed by atoms with van der Waals surface area (Å²) in [5, 5.41) is 5.49. The molecule has 3 aromatic rings. The number of pyridine rings is 1. The number of carbonyl (C=O) groups is 2. The topological polar surface area (TPSA) is 106 Å². The van der Waals surface area contributed by atoms with Gasteiger partial charge in [-0.3, -0.25) is 14.6 Å². The average Bonchev–Trinajstić information content (AvgIpc) is 3.26. The molecule has 2 amide bonds. The Bertz CT molecular complexity index is 1010. The Kier molecular flexibility index (Phi) is 4.99. The smallest absolute Gasteiger partial charge is 0.313 e. The summed E-state index contributed by atoms with van der Waals surface area (Å²) < 4.78 is 10.6. The van der Waals surface area contributed by atoms with Crippen LogP contribution < -0.4 is 15.4 Å². The third-order valence-electron chi connectivity index (χ3n) is 4.89. The molecule has 0 bridgehead atoms. The fourth-order valence-electron chi connectivity index (χ4n) is 3.20. The van der Waals surface area contributed by atoms with Crippen molar-refractivity contribution in [2.24, 2.45) is 0 Å². The highest BCUT2D eigenvalue weighted by atomic mass is 16.5. The normalized spacial score (nSPS) is 14.1. The zero-order valence-electron chi connectivity index (χ0n) is 15.8. The number of carbonyl (C=O) groups excluding carboxylic acids is 2. The van der Waals surface area contributed by atoms with Crippen molar-refractivity contribution in [2.75, 3.05) is 12.4 Å². The number of hydrogen-bond donors (Lipinski definition) is 2. The molecule has 2 N–H and O–H groups in total. The molecular weight excluding hydrogens is 372 g/mol. The molecule has 1 aromatic carbocycles. The molecule has 0 radical (unpaired) electrons. The van der Waals surface area contributed by atoms with Crippen LogP contribution in [0.1, 0.15) is 18.4 Å². The second kappa shape index (κ2) is 7.75. The molecule has 1 fully saturated rings. The zero-order valence-corrected chi connectivity index (χ0v) is 15.8. The van der Waals surface area contributed by atoms with Crippen LogP contribution in [0.25, 0.3) is 11.3 Å². The van der Waals surface area contributed by atoms with Crippen LogP contribution in [0.3, 0.4) is 0 Å². The molecule has 2 aromatic heterocycles.